The van der Waals surface area contributed by atoms with Crippen LogP contribution in [0.4, 0.5) is 0 Å². The van der Waals surface area contributed by atoms with E-state index in [2.05, 4.69) is 18.9 Å². The molecule has 0 saturated heterocycles. The van der Waals surface area contributed by atoms with Gasteiger partial charge in [0.25, 0.3) is 0 Å². The molecule has 0 spiro atoms. The van der Waals surface area contributed by atoms with E-state index in [1.54, 1.807) is 0 Å². The van der Waals surface area contributed by atoms with Crippen LogP contribution in [0.25, 0.3) is 0 Å². The van der Waals surface area contributed by atoms with Crippen LogP contribution in [0.2, 0.25) is 0 Å². The number of aliphatic hydroxyl groups is 1. The lowest BCUT2D eigenvalue weighted by Crippen LogP contribution is -2.44. The van der Waals surface area contributed by atoms with Gasteiger partial charge >= 0.3 is 0 Å². The molecule has 1 saturated carbocycles. The average Bonchev–Trinajstić information content (AvgIpc) is 2.34. The second-order valence-corrected chi connectivity index (χ2v) is 5.23. The summed E-state index contributed by atoms with van der Waals surface area (Å²) in [5, 5.41) is 9.80. The Bertz CT molecular complexity index is 199. The van der Waals surface area contributed by atoms with Gasteiger partial charge in [-0.2, -0.15) is 0 Å². The van der Waals surface area contributed by atoms with Crippen molar-refractivity contribution in [3.63, 3.8) is 0 Å². The highest BCUT2D eigenvalue weighted by atomic mass is 16.5. The number of hydrogen-bond acceptors (Lipinski definition) is 3. The molecule has 3 heteroatoms. The molecule has 0 bridgehead atoms. The summed E-state index contributed by atoms with van der Waals surface area (Å²) >= 11 is 0. The normalized spacial score (nSPS) is 29.8. The van der Waals surface area contributed by atoms with Gasteiger partial charge in [-0.05, 0) is 45.6 Å². The van der Waals surface area contributed by atoms with Crippen molar-refractivity contribution >= 4 is 0 Å². The maximum Gasteiger partial charge on any atom is 0.0555 e. The van der Waals surface area contributed by atoms with Crippen LogP contribution in [0.15, 0.2) is 0 Å². The van der Waals surface area contributed by atoms with Gasteiger partial charge in [0.05, 0.1) is 6.10 Å². The average molecular weight is 243 g/mol. The number of ether oxygens (including phenoxy) is 1. The van der Waals surface area contributed by atoms with Gasteiger partial charge in [-0.25, -0.2) is 0 Å². The molecule has 0 aromatic rings. The Kier molecular flexibility index (Phi) is 7.09. The third-order valence-corrected chi connectivity index (χ3v) is 4.02. The Morgan fingerprint density at radius 2 is 2.06 bits per heavy atom. The first-order chi connectivity index (χ1) is 8.19. The Labute approximate surface area is 106 Å². The van der Waals surface area contributed by atoms with Crippen LogP contribution in [0, 0.1) is 5.92 Å². The Morgan fingerprint density at radius 1 is 1.29 bits per heavy atom. The Balaban J connectivity index is 2.33. The molecule has 0 radical (unpaired) electrons. The number of hydrogen-bond donors (Lipinski definition) is 1. The lowest BCUT2D eigenvalue weighted by atomic mass is 9.80. The van der Waals surface area contributed by atoms with Crippen molar-refractivity contribution in [2.24, 2.45) is 5.92 Å². The molecule has 3 nitrogen and oxygen atoms in total. The summed E-state index contributed by atoms with van der Waals surface area (Å²) in [6.45, 7) is 7.04. The number of rotatable bonds is 7. The van der Waals surface area contributed by atoms with E-state index in [0.717, 1.165) is 44.9 Å². The first-order valence-corrected chi connectivity index (χ1v) is 7.15. The molecule has 0 aromatic carbocycles. The van der Waals surface area contributed by atoms with Crippen LogP contribution in [0.1, 0.15) is 46.0 Å². The zero-order chi connectivity index (χ0) is 12.7. The topological polar surface area (TPSA) is 32.7 Å². The zero-order valence-corrected chi connectivity index (χ0v) is 11.7. The molecule has 1 fully saturated rings. The third kappa shape index (κ3) is 4.94. The molecule has 17 heavy (non-hydrogen) atoms. The van der Waals surface area contributed by atoms with E-state index in [0.29, 0.717) is 6.04 Å². The van der Waals surface area contributed by atoms with Crippen molar-refractivity contribution < 1.29 is 9.84 Å². The summed E-state index contributed by atoms with van der Waals surface area (Å²) in [6, 6.07) is 0.561. The highest BCUT2D eigenvalue weighted by Gasteiger charge is 2.30. The minimum absolute atomic E-state index is 0.0860. The summed E-state index contributed by atoms with van der Waals surface area (Å²) in [5.41, 5.74) is 0. The molecule has 102 valence electrons. The maximum atomic E-state index is 9.80. The Morgan fingerprint density at radius 3 is 2.71 bits per heavy atom. The standard InChI is InChI=1S/C14H29NO2/c1-4-12-7-8-13(16)11-14(12)15(3)9-6-10-17-5-2/h12-14,16H,4-11H2,1-3H3. The summed E-state index contributed by atoms with van der Waals surface area (Å²) in [5.74, 6) is 0.760. The fourth-order valence-corrected chi connectivity index (χ4v) is 2.93. The van der Waals surface area contributed by atoms with Crippen molar-refractivity contribution in [3.8, 4) is 0 Å². The molecular weight excluding hydrogens is 214 g/mol. The minimum Gasteiger partial charge on any atom is -0.393 e. The molecular formula is C14H29NO2. The summed E-state index contributed by atoms with van der Waals surface area (Å²) in [4.78, 5) is 2.43. The molecule has 3 atom stereocenters. The van der Waals surface area contributed by atoms with Crippen LogP contribution in [-0.2, 0) is 4.74 Å². The van der Waals surface area contributed by atoms with Crippen molar-refractivity contribution in [3.05, 3.63) is 0 Å². The van der Waals surface area contributed by atoms with Gasteiger partial charge in [-0.1, -0.05) is 13.3 Å². The summed E-state index contributed by atoms with van der Waals surface area (Å²) in [6.07, 6.45) is 5.35. The Hall–Kier alpha value is -0.120. The highest BCUT2D eigenvalue weighted by Crippen LogP contribution is 2.30. The molecule has 0 heterocycles. The molecule has 0 aliphatic heterocycles. The predicted molar refractivity (Wildman–Crippen MR) is 71.2 cm³/mol. The second kappa shape index (κ2) is 8.06. The van der Waals surface area contributed by atoms with E-state index in [-0.39, 0.29) is 6.10 Å². The molecule has 1 rings (SSSR count). The van der Waals surface area contributed by atoms with Gasteiger partial charge in [0.15, 0.2) is 0 Å². The quantitative estimate of drug-likeness (QED) is 0.696. The molecule has 0 amide bonds. The highest BCUT2D eigenvalue weighted by molar-refractivity contribution is 4.85. The summed E-state index contributed by atoms with van der Waals surface area (Å²) in [7, 11) is 2.19. The van der Waals surface area contributed by atoms with Crippen molar-refractivity contribution in [2.75, 3.05) is 26.8 Å². The van der Waals surface area contributed by atoms with E-state index in [1.807, 2.05) is 6.92 Å². The zero-order valence-electron chi connectivity index (χ0n) is 11.7. The van der Waals surface area contributed by atoms with Gasteiger partial charge in [-0.15, -0.1) is 0 Å². The van der Waals surface area contributed by atoms with Crippen molar-refractivity contribution in [1.82, 2.24) is 4.90 Å². The van der Waals surface area contributed by atoms with Crippen LogP contribution in [0.3, 0.4) is 0 Å². The molecule has 1 aliphatic rings. The SMILES string of the molecule is CCOCCCN(C)C1CC(O)CCC1CC. The molecule has 1 N–H and O–H groups in total. The predicted octanol–water partition coefficient (Wildman–Crippen LogP) is 2.28. The van der Waals surface area contributed by atoms with E-state index in [4.69, 9.17) is 4.74 Å². The smallest absolute Gasteiger partial charge is 0.0555 e. The molecule has 0 aromatic heterocycles. The molecule has 3 unspecified atom stereocenters. The van der Waals surface area contributed by atoms with Crippen molar-refractivity contribution in [1.29, 1.82) is 0 Å². The van der Waals surface area contributed by atoms with Crippen molar-refractivity contribution in [2.45, 2.75) is 58.1 Å². The first kappa shape index (κ1) is 14.9. The van der Waals surface area contributed by atoms with E-state index in [1.165, 1.54) is 12.8 Å². The fraction of sp³-hybridized carbons (Fsp3) is 1.00. The number of nitrogens with zero attached hydrogens (tertiary/aromatic N) is 1. The summed E-state index contributed by atoms with van der Waals surface area (Å²) < 4.78 is 5.37. The van der Waals surface area contributed by atoms with Gasteiger partial charge < -0.3 is 14.7 Å². The van der Waals surface area contributed by atoms with E-state index < -0.39 is 0 Å². The molecule has 1 aliphatic carbocycles. The van der Waals surface area contributed by atoms with E-state index >= 15 is 0 Å². The van der Waals surface area contributed by atoms with Gasteiger partial charge in [0.2, 0.25) is 0 Å². The van der Waals surface area contributed by atoms with Gasteiger partial charge in [-0.3, -0.25) is 0 Å². The second-order valence-electron chi connectivity index (χ2n) is 5.23. The van der Waals surface area contributed by atoms with Gasteiger partial charge in [0.1, 0.15) is 0 Å². The third-order valence-electron chi connectivity index (χ3n) is 4.02. The fourth-order valence-electron chi connectivity index (χ4n) is 2.93. The monoisotopic (exact) mass is 243 g/mol. The van der Waals surface area contributed by atoms with Crippen LogP contribution in [-0.4, -0.2) is 49.0 Å². The van der Waals surface area contributed by atoms with Crippen LogP contribution < -0.4 is 0 Å². The minimum atomic E-state index is -0.0860. The lowest BCUT2D eigenvalue weighted by molar-refractivity contribution is 0.0322. The van der Waals surface area contributed by atoms with Crippen LogP contribution in [0.5, 0.6) is 0 Å². The maximum absolute atomic E-state index is 9.80. The first-order valence-electron chi connectivity index (χ1n) is 7.15. The van der Waals surface area contributed by atoms with Crippen LogP contribution >= 0.6 is 0 Å². The number of aliphatic hydroxyl groups excluding tert-OH is 1. The lowest BCUT2D eigenvalue weighted by Gasteiger charge is -2.39. The van der Waals surface area contributed by atoms with Gasteiger partial charge in [0, 0.05) is 25.8 Å². The largest absolute Gasteiger partial charge is 0.393 e. The van der Waals surface area contributed by atoms with E-state index in [9.17, 15) is 5.11 Å².